The van der Waals surface area contributed by atoms with Crippen molar-refractivity contribution in [3.63, 3.8) is 0 Å². The minimum atomic E-state index is -0.961. The maximum Gasteiger partial charge on any atom is 0.289 e. The van der Waals surface area contributed by atoms with Crippen LogP contribution < -0.4 is 5.32 Å². The summed E-state index contributed by atoms with van der Waals surface area (Å²) in [5, 5.41) is 12.5. The largest absolute Gasteiger partial charge is 0.444 e. The molecular weight excluding hydrogens is 383 g/mol. The number of furan rings is 1. The van der Waals surface area contributed by atoms with Crippen molar-refractivity contribution in [3.05, 3.63) is 58.2 Å². The van der Waals surface area contributed by atoms with Crippen molar-refractivity contribution in [1.29, 1.82) is 0 Å². The Labute approximate surface area is 146 Å². The Morgan fingerprint density at radius 3 is 2.54 bits per heavy atom. The van der Waals surface area contributed by atoms with Gasteiger partial charge in [0.1, 0.15) is 5.82 Å². The molecule has 8 heteroatoms. The second-order valence-corrected chi connectivity index (χ2v) is 5.92. The molecule has 24 heavy (non-hydrogen) atoms. The molecule has 2 aromatic rings. The van der Waals surface area contributed by atoms with Crippen molar-refractivity contribution < 1.29 is 23.5 Å². The number of aliphatic hydroxyl groups excluding tert-OH is 1. The lowest BCUT2D eigenvalue weighted by Crippen LogP contribution is -2.39. The number of rotatable bonds is 6. The molecule has 0 saturated carbocycles. The summed E-state index contributed by atoms with van der Waals surface area (Å²) < 4.78 is 18.4. The summed E-state index contributed by atoms with van der Waals surface area (Å²) in [5.74, 6) is -1.16. The van der Waals surface area contributed by atoms with Crippen LogP contribution in [0.15, 0.2) is 45.5 Å². The van der Waals surface area contributed by atoms with Crippen LogP contribution in [0, 0.1) is 5.82 Å². The summed E-state index contributed by atoms with van der Waals surface area (Å²) in [7, 11) is 1.47. The second kappa shape index (κ2) is 8.07. The Balaban J connectivity index is 1.82. The summed E-state index contributed by atoms with van der Waals surface area (Å²) in [5.41, 5.74) is 0.488. The van der Waals surface area contributed by atoms with Crippen molar-refractivity contribution in [1.82, 2.24) is 10.2 Å². The van der Waals surface area contributed by atoms with Gasteiger partial charge in [0.2, 0.25) is 5.91 Å². The number of nitrogens with zero attached hydrogens (tertiary/aromatic N) is 1. The number of carbonyl (C=O) groups is 2. The van der Waals surface area contributed by atoms with E-state index in [9.17, 15) is 19.1 Å². The van der Waals surface area contributed by atoms with Crippen LogP contribution in [-0.4, -0.2) is 42.0 Å². The first-order valence-electron chi connectivity index (χ1n) is 7.08. The van der Waals surface area contributed by atoms with Crippen LogP contribution in [0.5, 0.6) is 0 Å². The van der Waals surface area contributed by atoms with E-state index in [-0.39, 0.29) is 18.8 Å². The van der Waals surface area contributed by atoms with Crippen LogP contribution in [0.1, 0.15) is 22.2 Å². The molecular formula is C16H16BrFN2O4. The smallest absolute Gasteiger partial charge is 0.289 e. The third kappa shape index (κ3) is 4.90. The van der Waals surface area contributed by atoms with E-state index in [0.717, 1.165) is 0 Å². The van der Waals surface area contributed by atoms with Gasteiger partial charge in [0.15, 0.2) is 10.4 Å². The van der Waals surface area contributed by atoms with E-state index in [2.05, 4.69) is 21.2 Å². The van der Waals surface area contributed by atoms with Crippen LogP contribution in [0.25, 0.3) is 0 Å². The number of hydrogen-bond acceptors (Lipinski definition) is 4. The fourth-order valence-corrected chi connectivity index (χ4v) is 2.28. The van der Waals surface area contributed by atoms with Crippen molar-refractivity contribution in [2.45, 2.75) is 6.10 Å². The molecule has 0 aliphatic rings. The first-order chi connectivity index (χ1) is 11.4. The maximum atomic E-state index is 12.8. The zero-order valence-electron chi connectivity index (χ0n) is 12.8. The maximum absolute atomic E-state index is 12.8. The lowest BCUT2D eigenvalue weighted by molar-refractivity contribution is -0.122. The Bertz CT molecular complexity index is 717. The van der Waals surface area contributed by atoms with Crippen molar-refractivity contribution >= 4 is 27.7 Å². The molecule has 0 radical (unpaired) electrons. The number of likely N-dealkylation sites (N-methyl/N-ethyl adjacent to an activating group) is 1. The minimum absolute atomic E-state index is 0.0429. The number of carbonyl (C=O) groups excluding carboxylic acids is 2. The molecule has 2 N–H and O–H groups in total. The van der Waals surface area contributed by atoms with Gasteiger partial charge in [0.05, 0.1) is 12.6 Å². The Morgan fingerprint density at radius 1 is 1.29 bits per heavy atom. The van der Waals surface area contributed by atoms with E-state index in [0.29, 0.717) is 10.2 Å². The van der Waals surface area contributed by atoms with E-state index in [4.69, 9.17) is 4.42 Å². The standard InChI is InChI=1S/C16H16BrFN2O4/c1-20(16(23)13-6-7-14(17)24-13)9-15(22)19-8-12(21)10-2-4-11(18)5-3-10/h2-7,12,21H,8-9H2,1H3,(H,19,22). The zero-order valence-corrected chi connectivity index (χ0v) is 14.4. The third-order valence-corrected chi connectivity index (χ3v) is 3.69. The molecule has 0 aliphatic carbocycles. The van der Waals surface area contributed by atoms with Crippen molar-refractivity contribution in [2.75, 3.05) is 20.1 Å². The average molecular weight is 399 g/mol. The molecule has 0 aliphatic heterocycles. The van der Waals surface area contributed by atoms with Crippen molar-refractivity contribution in [3.8, 4) is 0 Å². The number of halogens is 2. The van der Waals surface area contributed by atoms with Crippen LogP contribution in [0.4, 0.5) is 4.39 Å². The van der Waals surface area contributed by atoms with E-state index in [1.807, 2.05) is 0 Å². The highest BCUT2D eigenvalue weighted by Crippen LogP contribution is 2.15. The third-order valence-electron chi connectivity index (χ3n) is 3.26. The molecule has 1 unspecified atom stereocenters. The number of nitrogens with one attached hydrogen (secondary N) is 1. The van der Waals surface area contributed by atoms with Gasteiger partial charge in [-0.2, -0.15) is 0 Å². The first kappa shape index (κ1) is 18.2. The number of hydrogen-bond donors (Lipinski definition) is 2. The van der Waals surface area contributed by atoms with E-state index in [1.54, 1.807) is 6.07 Å². The molecule has 1 heterocycles. The molecule has 2 amide bonds. The minimum Gasteiger partial charge on any atom is -0.444 e. The predicted octanol–water partition coefficient (Wildman–Crippen LogP) is 2.10. The molecule has 0 spiro atoms. The molecule has 6 nitrogen and oxygen atoms in total. The summed E-state index contributed by atoms with van der Waals surface area (Å²) in [6, 6.07) is 8.43. The summed E-state index contributed by atoms with van der Waals surface area (Å²) >= 11 is 3.10. The lowest BCUT2D eigenvalue weighted by Gasteiger charge is -2.17. The Hall–Kier alpha value is -2.19. The molecule has 1 aromatic carbocycles. The molecule has 128 valence electrons. The fourth-order valence-electron chi connectivity index (χ4n) is 1.97. The van der Waals surface area contributed by atoms with Crippen LogP contribution >= 0.6 is 15.9 Å². The topological polar surface area (TPSA) is 82.8 Å². The van der Waals surface area contributed by atoms with Crippen molar-refractivity contribution in [2.24, 2.45) is 0 Å². The monoisotopic (exact) mass is 398 g/mol. The van der Waals surface area contributed by atoms with Gasteiger partial charge in [-0.15, -0.1) is 0 Å². The Morgan fingerprint density at radius 2 is 1.96 bits per heavy atom. The van der Waals surface area contributed by atoms with Gasteiger partial charge in [-0.1, -0.05) is 12.1 Å². The van der Waals surface area contributed by atoms with Crippen LogP contribution in [-0.2, 0) is 4.79 Å². The summed E-state index contributed by atoms with van der Waals surface area (Å²) in [6.07, 6.45) is -0.961. The van der Waals surface area contributed by atoms with Crippen LogP contribution in [0.2, 0.25) is 0 Å². The van der Waals surface area contributed by atoms with Gasteiger partial charge in [0, 0.05) is 13.6 Å². The van der Waals surface area contributed by atoms with Gasteiger partial charge < -0.3 is 19.7 Å². The molecule has 2 rings (SSSR count). The number of aliphatic hydroxyl groups is 1. The average Bonchev–Trinajstić information content (AvgIpc) is 2.99. The molecule has 0 bridgehead atoms. The summed E-state index contributed by atoms with van der Waals surface area (Å²) in [4.78, 5) is 25.1. The first-order valence-corrected chi connectivity index (χ1v) is 7.87. The normalized spacial score (nSPS) is 11.8. The lowest BCUT2D eigenvalue weighted by atomic mass is 10.1. The molecule has 1 aromatic heterocycles. The molecule has 0 fully saturated rings. The second-order valence-electron chi connectivity index (χ2n) is 5.14. The fraction of sp³-hybridized carbons (Fsp3) is 0.250. The molecule has 0 saturated heterocycles. The van der Waals surface area contributed by atoms with Gasteiger partial charge >= 0.3 is 0 Å². The van der Waals surface area contributed by atoms with Crippen LogP contribution in [0.3, 0.4) is 0 Å². The quantitative estimate of drug-likeness (QED) is 0.780. The number of amides is 2. The highest BCUT2D eigenvalue weighted by atomic mass is 79.9. The Kier molecular flexibility index (Phi) is 6.10. The van der Waals surface area contributed by atoms with E-state index < -0.39 is 23.7 Å². The highest BCUT2D eigenvalue weighted by molar-refractivity contribution is 9.10. The molecule has 1 atom stereocenters. The summed E-state index contributed by atoms with van der Waals surface area (Å²) in [6.45, 7) is -0.230. The van der Waals surface area contributed by atoms with Gasteiger partial charge in [-0.25, -0.2) is 4.39 Å². The van der Waals surface area contributed by atoms with Gasteiger partial charge in [0.25, 0.3) is 5.91 Å². The van der Waals surface area contributed by atoms with Gasteiger partial charge in [-0.05, 0) is 45.8 Å². The predicted molar refractivity (Wildman–Crippen MR) is 87.7 cm³/mol. The zero-order chi connectivity index (χ0) is 17.7. The van der Waals surface area contributed by atoms with E-state index >= 15 is 0 Å². The van der Waals surface area contributed by atoms with Gasteiger partial charge in [-0.3, -0.25) is 9.59 Å². The SMILES string of the molecule is CN(CC(=O)NCC(O)c1ccc(F)cc1)C(=O)c1ccc(Br)o1. The number of benzene rings is 1. The highest BCUT2D eigenvalue weighted by Gasteiger charge is 2.18. The van der Waals surface area contributed by atoms with E-state index in [1.165, 1.54) is 42.3 Å².